The fourth-order valence-corrected chi connectivity index (χ4v) is 2.30. The van der Waals surface area contributed by atoms with Gasteiger partial charge < -0.3 is 14.8 Å². The number of rotatable bonds is 1. The van der Waals surface area contributed by atoms with Crippen LogP contribution in [-0.2, 0) is 20.8 Å². The van der Waals surface area contributed by atoms with Crippen LogP contribution in [0.3, 0.4) is 0 Å². The normalized spacial score (nSPS) is 17.8. The molecule has 0 saturated heterocycles. The van der Waals surface area contributed by atoms with E-state index in [2.05, 4.69) is 5.32 Å². The largest absolute Gasteiger partial charge is 0.467 e. The number of anilines is 1. The van der Waals surface area contributed by atoms with Crippen molar-refractivity contribution in [1.29, 1.82) is 0 Å². The van der Waals surface area contributed by atoms with Gasteiger partial charge in [-0.2, -0.15) is 0 Å². The summed E-state index contributed by atoms with van der Waals surface area (Å²) < 4.78 is 10.3. The molecule has 0 bridgehead atoms. The van der Waals surface area contributed by atoms with Gasteiger partial charge in [0.15, 0.2) is 6.04 Å². The number of esters is 1. The summed E-state index contributed by atoms with van der Waals surface area (Å²) in [5.41, 5.74) is 1.21. The number of hydrogen-bond donors (Lipinski definition) is 1. The number of carbonyl (C=O) groups is 2. The van der Waals surface area contributed by atoms with Crippen LogP contribution in [0.1, 0.15) is 26.3 Å². The summed E-state index contributed by atoms with van der Waals surface area (Å²) in [6, 6.07) is 6.91. The Bertz CT molecular complexity index is 566. The molecule has 0 fully saturated rings. The number of benzene rings is 1. The summed E-state index contributed by atoms with van der Waals surface area (Å²) in [6.07, 6.45) is -0.526. The van der Waals surface area contributed by atoms with Gasteiger partial charge in [-0.3, -0.25) is 4.90 Å². The molecule has 1 aromatic carbocycles. The topological polar surface area (TPSA) is 67.9 Å². The third-order valence-electron chi connectivity index (χ3n) is 3.32. The van der Waals surface area contributed by atoms with Gasteiger partial charge in [0, 0.05) is 12.2 Å². The number of para-hydroxylation sites is 1. The third kappa shape index (κ3) is 3.69. The lowest BCUT2D eigenvalue weighted by Crippen LogP contribution is -2.49. The second kappa shape index (κ2) is 6.25. The molecule has 1 amide bonds. The van der Waals surface area contributed by atoms with Crippen molar-refractivity contribution in [3.05, 3.63) is 29.8 Å². The smallest absolute Gasteiger partial charge is 0.411 e. The Morgan fingerprint density at radius 1 is 1.27 bits per heavy atom. The summed E-state index contributed by atoms with van der Waals surface area (Å²) in [7, 11) is 1.31. The maximum Gasteiger partial charge on any atom is 0.411 e. The first-order valence-corrected chi connectivity index (χ1v) is 7.21. The van der Waals surface area contributed by atoms with Crippen LogP contribution in [0, 0.1) is 0 Å². The van der Waals surface area contributed by atoms with E-state index in [4.69, 9.17) is 9.47 Å². The molecular formula is C16H22N2O4. The van der Waals surface area contributed by atoms with Crippen LogP contribution < -0.4 is 5.32 Å². The Labute approximate surface area is 130 Å². The third-order valence-corrected chi connectivity index (χ3v) is 3.32. The number of methoxy groups -OCH3 is 1. The Balaban J connectivity index is 2.31. The molecule has 0 aromatic heterocycles. The van der Waals surface area contributed by atoms with Gasteiger partial charge in [0.25, 0.3) is 0 Å². The Kier molecular flexibility index (Phi) is 4.59. The van der Waals surface area contributed by atoms with E-state index in [-0.39, 0.29) is 13.1 Å². The molecule has 1 heterocycles. The molecule has 1 aliphatic rings. The van der Waals surface area contributed by atoms with E-state index in [1.54, 1.807) is 20.8 Å². The molecule has 120 valence electrons. The second-order valence-corrected chi connectivity index (χ2v) is 6.19. The van der Waals surface area contributed by atoms with Crippen LogP contribution in [0.25, 0.3) is 0 Å². The number of fused-ring (bicyclic) bond motifs is 1. The molecule has 1 aliphatic heterocycles. The van der Waals surface area contributed by atoms with Crippen LogP contribution in [0.4, 0.5) is 10.5 Å². The van der Waals surface area contributed by atoms with Crippen molar-refractivity contribution in [2.75, 3.05) is 19.0 Å². The first-order valence-electron chi connectivity index (χ1n) is 7.21. The lowest BCUT2D eigenvalue weighted by Gasteiger charge is -2.30. The standard InChI is InChI=1S/C16H22N2O4/c1-16(2,3)22-15(20)18-10-11-7-5-6-8-12(11)17-9-13(18)14(19)21-4/h5-8,13,17H,9-10H2,1-4H3. The molecule has 22 heavy (non-hydrogen) atoms. The van der Waals surface area contributed by atoms with Gasteiger partial charge in [0.1, 0.15) is 5.60 Å². The summed E-state index contributed by atoms with van der Waals surface area (Å²) in [5.74, 6) is -0.467. The number of nitrogens with zero attached hydrogens (tertiary/aromatic N) is 1. The molecule has 1 unspecified atom stereocenters. The van der Waals surface area contributed by atoms with E-state index < -0.39 is 23.7 Å². The highest BCUT2D eigenvalue weighted by Gasteiger charge is 2.35. The van der Waals surface area contributed by atoms with E-state index >= 15 is 0 Å². The summed E-state index contributed by atoms with van der Waals surface area (Å²) in [6.45, 7) is 5.95. The molecule has 6 nitrogen and oxygen atoms in total. The van der Waals surface area contributed by atoms with Crippen molar-refractivity contribution in [3.63, 3.8) is 0 Å². The lowest BCUT2D eigenvalue weighted by atomic mass is 10.1. The molecule has 0 radical (unpaired) electrons. The average Bonchev–Trinajstić information content (AvgIpc) is 2.64. The van der Waals surface area contributed by atoms with Crippen molar-refractivity contribution >= 4 is 17.7 Å². The molecule has 1 aromatic rings. The average molecular weight is 306 g/mol. The molecule has 0 spiro atoms. The second-order valence-electron chi connectivity index (χ2n) is 6.19. The molecule has 1 N–H and O–H groups in total. The predicted octanol–water partition coefficient (Wildman–Crippen LogP) is 2.39. The first kappa shape index (κ1) is 16.1. The van der Waals surface area contributed by atoms with Gasteiger partial charge >= 0.3 is 12.1 Å². The molecule has 6 heteroatoms. The summed E-state index contributed by atoms with van der Waals surface area (Å²) in [4.78, 5) is 25.9. The van der Waals surface area contributed by atoms with Gasteiger partial charge in [0.2, 0.25) is 0 Å². The van der Waals surface area contributed by atoms with E-state index in [0.29, 0.717) is 0 Å². The van der Waals surface area contributed by atoms with Crippen molar-refractivity contribution < 1.29 is 19.1 Å². The van der Waals surface area contributed by atoms with Gasteiger partial charge in [0.05, 0.1) is 13.7 Å². The van der Waals surface area contributed by atoms with Gasteiger partial charge in [-0.25, -0.2) is 9.59 Å². The zero-order valence-electron chi connectivity index (χ0n) is 13.4. The number of amides is 1. The number of nitrogens with one attached hydrogen (secondary N) is 1. The summed E-state index contributed by atoms with van der Waals surface area (Å²) >= 11 is 0. The fraction of sp³-hybridized carbons (Fsp3) is 0.500. The van der Waals surface area contributed by atoms with E-state index in [9.17, 15) is 9.59 Å². The monoisotopic (exact) mass is 306 g/mol. The highest BCUT2D eigenvalue weighted by molar-refractivity contribution is 5.83. The number of carbonyl (C=O) groups excluding carboxylic acids is 2. The first-order chi connectivity index (χ1) is 10.3. The SMILES string of the molecule is COC(=O)C1CNc2ccccc2CN1C(=O)OC(C)(C)C. The maximum absolute atomic E-state index is 12.5. The van der Waals surface area contributed by atoms with E-state index in [1.807, 2.05) is 24.3 Å². The zero-order valence-corrected chi connectivity index (χ0v) is 13.4. The fourth-order valence-electron chi connectivity index (χ4n) is 2.30. The Morgan fingerprint density at radius 3 is 2.59 bits per heavy atom. The van der Waals surface area contributed by atoms with E-state index in [1.165, 1.54) is 12.0 Å². The summed E-state index contributed by atoms with van der Waals surface area (Å²) in [5, 5.41) is 3.19. The minimum Gasteiger partial charge on any atom is -0.467 e. The highest BCUT2D eigenvalue weighted by Crippen LogP contribution is 2.24. The zero-order chi connectivity index (χ0) is 16.3. The number of ether oxygens (including phenoxy) is 2. The van der Waals surface area contributed by atoms with Gasteiger partial charge in [-0.15, -0.1) is 0 Å². The van der Waals surface area contributed by atoms with Crippen molar-refractivity contribution in [2.45, 2.75) is 39.0 Å². The minimum atomic E-state index is -0.729. The molecule has 0 saturated carbocycles. The molecule has 2 rings (SSSR count). The van der Waals surface area contributed by atoms with Crippen LogP contribution in [-0.4, -0.2) is 42.3 Å². The predicted molar refractivity (Wildman–Crippen MR) is 82.5 cm³/mol. The lowest BCUT2D eigenvalue weighted by molar-refractivity contribution is -0.146. The number of hydrogen-bond acceptors (Lipinski definition) is 5. The molecule has 1 atom stereocenters. The van der Waals surface area contributed by atoms with Crippen LogP contribution in [0.15, 0.2) is 24.3 Å². The minimum absolute atomic E-state index is 0.281. The molecular weight excluding hydrogens is 284 g/mol. The Morgan fingerprint density at radius 2 is 1.95 bits per heavy atom. The maximum atomic E-state index is 12.5. The quantitative estimate of drug-likeness (QED) is 0.807. The van der Waals surface area contributed by atoms with Gasteiger partial charge in [-0.1, -0.05) is 18.2 Å². The van der Waals surface area contributed by atoms with Crippen molar-refractivity contribution in [3.8, 4) is 0 Å². The van der Waals surface area contributed by atoms with Crippen LogP contribution in [0.2, 0.25) is 0 Å². The van der Waals surface area contributed by atoms with Gasteiger partial charge in [-0.05, 0) is 32.4 Å². The molecule has 0 aliphatic carbocycles. The van der Waals surface area contributed by atoms with Crippen molar-refractivity contribution in [2.24, 2.45) is 0 Å². The highest BCUT2D eigenvalue weighted by atomic mass is 16.6. The van der Waals surface area contributed by atoms with Crippen molar-refractivity contribution in [1.82, 2.24) is 4.90 Å². The van der Waals surface area contributed by atoms with Crippen LogP contribution >= 0.6 is 0 Å². The van der Waals surface area contributed by atoms with E-state index in [0.717, 1.165) is 11.3 Å². The Hall–Kier alpha value is -2.24. The van der Waals surface area contributed by atoms with Crippen LogP contribution in [0.5, 0.6) is 0 Å².